The Balaban J connectivity index is 1.29. The fraction of sp³-hybridized carbons (Fsp3) is 0.458. The van der Waals surface area contributed by atoms with Gasteiger partial charge >= 0.3 is 0 Å². The predicted octanol–water partition coefficient (Wildman–Crippen LogP) is 1.06. The van der Waals surface area contributed by atoms with Crippen molar-refractivity contribution in [2.45, 2.75) is 50.9 Å². The Bertz CT molecular complexity index is 1240. The van der Waals surface area contributed by atoms with E-state index in [2.05, 4.69) is 33.7 Å². The number of aryl methyl sites for hydroxylation is 1. The molecular formula is C24H32N10O. The Hall–Kier alpha value is -3.09. The highest BCUT2D eigenvalue weighted by molar-refractivity contribution is 5.94. The van der Waals surface area contributed by atoms with E-state index in [4.69, 9.17) is 15.8 Å². The van der Waals surface area contributed by atoms with Gasteiger partial charge in [0.25, 0.3) is 5.91 Å². The Morgan fingerprint density at radius 2 is 1.97 bits per heavy atom. The molecule has 184 valence electrons. The van der Waals surface area contributed by atoms with Crippen LogP contribution in [0, 0.1) is 6.92 Å². The number of hydrogen-bond donors (Lipinski definition) is 5. The molecule has 6 N–H and O–H groups in total. The molecule has 35 heavy (non-hydrogen) atoms. The minimum absolute atomic E-state index is 0.0309. The van der Waals surface area contributed by atoms with Gasteiger partial charge in [0.15, 0.2) is 5.65 Å². The van der Waals surface area contributed by atoms with E-state index in [0.717, 1.165) is 67.1 Å². The third-order valence-electron chi connectivity index (χ3n) is 7.22. The highest BCUT2D eigenvalue weighted by Crippen LogP contribution is 2.33. The second-order valence-corrected chi connectivity index (χ2v) is 9.72. The summed E-state index contributed by atoms with van der Waals surface area (Å²) in [4.78, 5) is 22.8. The van der Waals surface area contributed by atoms with Crippen LogP contribution in [0.4, 0.5) is 5.82 Å². The fourth-order valence-corrected chi connectivity index (χ4v) is 5.40. The van der Waals surface area contributed by atoms with Crippen molar-refractivity contribution in [3.63, 3.8) is 0 Å². The summed E-state index contributed by atoms with van der Waals surface area (Å²) in [6, 6.07) is 9.90. The fourth-order valence-electron chi connectivity index (χ4n) is 5.40. The molecule has 3 aliphatic heterocycles. The van der Waals surface area contributed by atoms with E-state index < -0.39 is 0 Å². The first-order valence-electron chi connectivity index (χ1n) is 12.4. The van der Waals surface area contributed by atoms with Gasteiger partial charge in [-0.25, -0.2) is 20.4 Å². The number of benzene rings is 1. The monoisotopic (exact) mass is 476 g/mol. The zero-order valence-electron chi connectivity index (χ0n) is 19.9. The third kappa shape index (κ3) is 4.26. The molecule has 6 rings (SSSR count). The van der Waals surface area contributed by atoms with Crippen LogP contribution in [-0.4, -0.2) is 51.1 Å². The maximum absolute atomic E-state index is 13.7. The summed E-state index contributed by atoms with van der Waals surface area (Å²) in [5.41, 5.74) is 22.3. The van der Waals surface area contributed by atoms with E-state index in [1.54, 1.807) is 0 Å². The van der Waals surface area contributed by atoms with Crippen LogP contribution < -0.4 is 32.6 Å². The van der Waals surface area contributed by atoms with E-state index in [9.17, 15) is 4.79 Å². The maximum atomic E-state index is 13.7. The Labute approximate surface area is 204 Å². The number of nitrogens with two attached hydrogens (primary N) is 1. The van der Waals surface area contributed by atoms with E-state index in [-0.39, 0.29) is 24.2 Å². The van der Waals surface area contributed by atoms with Crippen molar-refractivity contribution in [3.8, 4) is 0 Å². The van der Waals surface area contributed by atoms with Gasteiger partial charge in [-0.15, -0.1) is 0 Å². The molecule has 1 amide bonds. The highest BCUT2D eigenvalue weighted by atomic mass is 16.2. The number of anilines is 1. The number of fused-ring (bicyclic) bond motifs is 1. The minimum atomic E-state index is -0.119. The molecule has 2 aromatic heterocycles. The Morgan fingerprint density at radius 1 is 1.11 bits per heavy atom. The van der Waals surface area contributed by atoms with Crippen LogP contribution in [0.1, 0.15) is 65.1 Å². The van der Waals surface area contributed by atoms with Crippen LogP contribution in [0.3, 0.4) is 0 Å². The topological polar surface area (TPSA) is 128 Å². The van der Waals surface area contributed by atoms with Gasteiger partial charge in [-0.2, -0.15) is 16.2 Å². The summed E-state index contributed by atoms with van der Waals surface area (Å²) >= 11 is 0. The van der Waals surface area contributed by atoms with Crippen molar-refractivity contribution in [1.82, 2.24) is 41.4 Å². The van der Waals surface area contributed by atoms with Gasteiger partial charge in [0.1, 0.15) is 12.0 Å². The number of amides is 1. The molecule has 5 heterocycles. The molecule has 0 aliphatic carbocycles. The minimum Gasteiger partial charge on any atom is -0.355 e. The van der Waals surface area contributed by atoms with Gasteiger partial charge in [-0.1, -0.05) is 12.1 Å². The largest absolute Gasteiger partial charge is 0.355 e. The zero-order chi connectivity index (χ0) is 23.9. The van der Waals surface area contributed by atoms with Crippen molar-refractivity contribution in [2.75, 3.05) is 24.5 Å². The molecule has 0 radical (unpaired) electrons. The molecule has 0 bridgehead atoms. The normalized spacial score (nSPS) is 23.5. The SMILES string of the molecule is Cc1cn2nc([C@@H]3CCCCN3C(=O)c3cccc(C4NNNN4)c3)cc2nc1N1CC[C@H](N)C1. The van der Waals surface area contributed by atoms with Gasteiger partial charge in [0.05, 0.1) is 11.7 Å². The van der Waals surface area contributed by atoms with E-state index in [0.29, 0.717) is 12.1 Å². The number of carbonyl (C=O) groups excluding carboxylic acids is 1. The molecule has 0 saturated carbocycles. The molecule has 3 fully saturated rings. The number of nitrogens with one attached hydrogen (secondary N) is 4. The number of piperidine rings is 1. The molecule has 2 atom stereocenters. The Morgan fingerprint density at radius 3 is 2.77 bits per heavy atom. The third-order valence-corrected chi connectivity index (χ3v) is 7.22. The quantitative estimate of drug-likeness (QED) is 0.375. The maximum Gasteiger partial charge on any atom is 0.254 e. The first-order chi connectivity index (χ1) is 17.1. The lowest BCUT2D eigenvalue weighted by atomic mass is 9.97. The lowest BCUT2D eigenvalue weighted by Gasteiger charge is -2.35. The Kier molecular flexibility index (Phi) is 5.86. The summed E-state index contributed by atoms with van der Waals surface area (Å²) in [7, 11) is 0. The average Bonchev–Trinajstić information content (AvgIpc) is 3.64. The van der Waals surface area contributed by atoms with E-state index >= 15 is 0 Å². The molecule has 0 spiro atoms. The van der Waals surface area contributed by atoms with E-state index in [1.807, 2.05) is 45.9 Å². The van der Waals surface area contributed by atoms with Crippen molar-refractivity contribution in [2.24, 2.45) is 5.73 Å². The molecule has 11 nitrogen and oxygen atoms in total. The number of hydrogen-bond acceptors (Lipinski definition) is 9. The highest BCUT2D eigenvalue weighted by Gasteiger charge is 2.31. The molecule has 0 unspecified atom stereocenters. The summed E-state index contributed by atoms with van der Waals surface area (Å²) in [5.74, 6) is 1.01. The number of likely N-dealkylation sites (tertiary alicyclic amines) is 1. The number of carbonyl (C=O) groups is 1. The number of aromatic nitrogens is 3. The smallest absolute Gasteiger partial charge is 0.254 e. The standard InChI is InChI=1S/C24H32N10O/c1-15-13-34-21(26-23(15)32-10-8-18(25)14-32)12-19(29-34)20-7-2-3-9-33(20)24(35)17-6-4-5-16(11-17)22-27-30-31-28-22/h4-6,11-13,18,20,22,27-28,30-31H,2-3,7-10,14,25H2,1H3/t18-,20-/m0/s1. The lowest BCUT2D eigenvalue weighted by molar-refractivity contribution is 0.0605. The number of rotatable bonds is 4. The molecule has 3 aromatic rings. The summed E-state index contributed by atoms with van der Waals surface area (Å²) in [6.45, 7) is 4.53. The summed E-state index contributed by atoms with van der Waals surface area (Å²) < 4.78 is 1.85. The van der Waals surface area contributed by atoms with Crippen LogP contribution >= 0.6 is 0 Å². The first-order valence-corrected chi connectivity index (χ1v) is 12.4. The lowest BCUT2D eigenvalue weighted by Crippen LogP contribution is -2.38. The number of nitrogens with zero attached hydrogens (tertiary/aromatic N) is 5. The zero-order valence-corrected chi connectivity index (χ0v) is 19.9. The van der Waals surface area contributed by atoms with Gasteiger partial charge in [0, 0.05) is 49.1 Å². The van der Waals surface area contributed by atoms with Crippen molar-refractivity contribution >= 4 is 17.4 Å². The summed E-state index contributed by atoms with van der Waals surface area (Å²) in [6.07, 6.45) is 5.85. The van der Waals surface area contributed by atoms with Crippen LogP contribution in [0.5, 0.6) is 0 Å². The van der Waals surface area contributed by atoms with Crippen LogP contribution in [0.25, 0.3) is 5.65 Å². The van der Waals surface area contributed by atoms with Gasteiger partial charge in [-0.3, -0.25) is 4.79 Å². The van der Waals surface area contributed by atoms with Crippen molar-refractivity contribution < 1.29 is 4.79 Å². The molecule has 3 saturated heterocycles. The first kappa shape index (κ1) is 22.4. The predicted molar refractivity (Wildman–Crippen MR) is 132 cm³/mol. The molecular weight excluding hydrogens is 444 g/mol. The van der Waals surface area contributed by atoms with Crippen LogP contribution in [0.15, 0.2) is 36.5 Å². The van der Waals surface area contributed by atoms with Crippen molar-refractivity contribution in [3.05, 3.63) is 58.9 Å². The van der Waals surface area contributed by atoms with Crippen LogP contribution in [-0.2, 0) is 0 Å². The molecule has 1 aromatic carbocycles. The van der Waals surface area contributed by atoms with E-state index in [1.165, 1.54) is 0 Å². The molecule has 3 aliphatic rings. The average molecular weight is 477 g/mol. The second kappa shape index (κ2) is 9.17. The summed E-state index contributed by atoms with van der Waals surface area (Å²) in [5, 5.41) is 4.87. The van der Waals surface area contributed by atoms with Crippen molar-refractivity contribution in [1.29, 1.82) is 0 Å². The second-order valence-electron chi connectivity index (χ2n) is 9.72. The van der Waals surface area contributed by atoms with Gasteiger partial charge in [-0.05, 0) is 50.3 Å². The van der Waals surface area contributed by atoms with Gasteiger partial charge < -0.3 is 15.5 Å². The van der Waals surface area contributed by atoms with Gasteiger partial charge in [0.2, 0.25) is 0 Å². The number of hydrazine groups is 3. The van der Waals surface area contributed by atoms with Crippen LogP contribution in [0.2, 0.25) is 0 Å². The molecule has 11 heteroatoms.